The molecule has 0 unspecified atom stereocenters. The van der Waals surface area contributed by atoms with Gasteiger partial charge in [-0.05, 0) is 42.4 Å². The van der Waals surface area contributed by atoms with Crippen LogP contribution in [0, 0.1) is 0 Å². The van der Waals surface area contributed by atoms with E-state index >= 15 is 0 Å². The number of fused-ring (bicyclic) bond motifs is 1. The average Bonchev–Trinajstić information content (AvgIpc) is 3.00. The van der Waals surface area contributed by atoms with Crippen LogP contribution in [0.3, 0.4) is 0 Å². The molecule has 1 heterocycles. The zero-order valence-corrected chi connectivity index (χ0v) is 14.2. The summed E-state index contributed by atoms with van der Waals surface area (Å²) in [5.74, 6) is 1.49. The summed E-state index contributed by atoms with van der Waals surface area (Å²) >= 11 is 5.93. The van der Waals surface area contributed by atoms with Gasteiger partial charge in [-0.3, -0.25) is 9.69 Å². The highest BCUT2D eigenvalue weighted by Crippen LogP contribution is 2.32. The number of carbonyl (C=O) groups is 1. The average molecular weight is 347 g/mol. The third-order valence-corrected chi connectivity index (χ3v) is 3.92. The summed E-state index contributed by atoms with van der Waals surface area (Å²) in [6, 6.07) is 13.3. The van der Waals surface area contributed by atoms with Gasteiger partial charge in [0.2, 0.25) is 12.7 Å². The Balaban J connectivity index is 1.47. The molecule has 0 radical (unpaired) electrons. The molecule has 5 nitrogen and oxygen atoms in total. The lowest BCUT2D eigenvalue weighted by molar-refractivity contribution is -0.122. The van der Waals surface area contributed by atoms with Crippen LogP contribution >= 0.6 is 11.6 Å². The number of nitrogens with zero attached hydrogens (tertiary/aromatic N) is 1. The number of hydrogen-bond donors (Lipinski definition) is 1. The van der Waals surface area contributed by atoms with Gasteiger partial charge in [0.25, 0.3) is 0 Å². The Labute approximate surface area is 146 Å². The molecule has 0 aromatic heterocycles. The van der Waals surface area contributed by atoms with E-state index in [0.717, 1.165) is 22.6 Å². The summed E-state index contributed by atoms with van der Waals surface area (Å²) in [6.45, 7) is 1.70. The normalized spacial score (nSPS) is 12.5. The monoisotopic (exact) mass is 346 g/mol. The standard InChI is InChI=1S/C18H19ClN2O3/c1-21(10-14-5-6-16-17(8-14)24-12-23-16)11-18(22)20-9-13-3-2-4-15(19)7-13/h2-8H,9-12H2,1H3,(H,20,22). The van der Waals surface area contributed by atoms with Crippen LogP contribution in [0.5, 0.6) is 11.5 Å². The highest BCUT2D eigenvalue weighted by atomic mass is 35.5. The third kappa shape index (κ3) is 4.40. The maximum absolute atomic E-state index is 12.1. The summed E-state index contributed by atoms with van der Waals surface area (Å²) in [4.78, 5) is 14.0. The second-order valence-electron chi connectivity index (χ2n) is 5.77. The number of carbonyl (C=O) groups excluding carboxylic acids is 1. The van der Waals surface area contributed by atoms with Gasteiger partial charge in [-0.15, -0.1) is 0 Å². The predicted molar refractivity (Wildman–Crippen MR) is 92.2 cm³/mol. The summed E-state index contributed by atoms with van der Waals surface area (Å²) < 4.78 is 10.7. The second kappa shape index (κ2) is 7.55. The van der Waals surface area contributed by atoms with Gasteiger partial charge in [0.05, 0.1) is 6.54 Å². The smallest absolute Gasteiger partial charge is 0.234 e. The fourth-order valence-electron chi connectivity index (χ4n) is 2.56. The van der Waals surface area contributed by atoms with Crippen molar-refractivity contribution in [2.45, 2.75) is 13.1 Å². The van der Waals surface area contributed by atoms with Gasteiger partial charge in [-0.2, -0.15) is 0 Å². The van der Waals surface area contributed by atoms with Crippen molar-refractivity contribution in [3.63, 3.8) is 0 Å². The minimum absolute atomic E-state index is 0.0294. The Kier molecular flexibility index (Phi) is 5.23. The Morgan fingerprint density at radius 3 is 2.83 bits per heavy atom. The fraction of sp³-hybridized carbons (Fsp3) is 0.278. The first kappa shape index (κ1) is 16.6. The number of benzene rings is 2. The molecule has 2 aromatic rings. The molecule has 1 amide bonds. The number of nitrogens with one attached hydrogen (secondary N) is 1. The maximum atomic E-state index is 12.1. The molecule has 0 aliphatic carbocycles. The van der Waals surface area contributed by atoms with Gasteiger partial charge in [0.1, 0.15) is 0 Å². The van der Waals surface area contributed by atoms with Crippen LogP contribution in [0.15, 0.2) is 42.5 Å². The van der Waals surface area contributed by atoms with Crippen LogP contribution in [-0.2, 0) is 17.9 Å². The summed E-state index contributed by atoms with van der Waals surface area (Å²) in [7, 11) is 1.91. The van der Waals surface area contributed by atoms with Gasteiger partial charge < -0.3 is 14.8 Å². The molecule has 6 heteroatoms. The zero-order chi connectivity index (χ0) is 16.9. The van der Waals surface area contributed by atoms with E-state index in [1.807, 2.05) is 54.4 Å². The SMILES string of the molecule is CN(CC(=O)NCc1cccc(Cl)c1)Cc1ccc2c(c1)OCO2. The fourth-order valence-corrected chi connectivity index (χ4v) is 2.77. The summed E-state index contributed by atoms with van der Waals surface area (Å²) in [5, 5.41) is 3.57. The van der Waals surface area contributed by atoms with Crippen molar-refractivity contribution in [3.05, 3.63) is 58.6 Å². The van der Waals surface area contributed by atoms with Crippen molar-refractivity contribution in [2.75, 3.05) is 20.4 Å². The van der Waals surface area contributed by atoms with Gasteiger partial charge >= 0.3 is 0 Å². The number of likely N-dealkylation sites (N-methyl/N-ethyl adjacent to an activating group) is 1. The first-order valence-electron chi connectivity index (χ1n) is 7.68. The van der Waals surface area contributed by atoms with Crippen molar-refractivity contribution >= 4 is 17.5 Å². The molecule has 2 aromatic carbocycles. The quantitative estimate of drug-likeness (QED) is 0.874. The van der Waals surface area contributed by atoms with Crippen molar-refractivity contribution in [1.82, 2.24) is 10.2 Å². The Morgan fingerprint density at radius 2 is 2.00 bits per heavy atom. The van der Waals surface area contributed by atoms with E-state index in [4.69, 9.17) is 21.1 Å². The lowest BCUT2D eigenvalue weighted by atomic mass is 10.2. The van der Waals surface area contributed by atoms with Crippen LogP contribution in [-0.4, -0.2) is 31.2 Å². The van der Waals surface area contributed by atoms with Crippen molar-refractivity contribution in [3.8, 4) is 11.5 Å². The van der Waals surface area contributed by atoms with Crippen LogP contribution < -0.4 is 14.8 Å². The van der Waals surface area contributed by atoms with E-state index in [1.165, 1.54) is 0 Å². The highest BCUT2D eigenvalue weighted by molar-refractivity contribution is 6.30. The van der Waals surface area contributed by atoms with Crippen molar-refractivity contribution in [1.29, 1.82) is 0 Å². The maximum Gasteiger partial charge on any atom is 0.234 e. The molecular formula is C18H19ClN2O3. The first-order valence-corrected chi connectivity index (χ1v) is 8.06. The largest absolute Gasteiger partial charge is 0.454 e. The lowest BCUT2D eigenvalue weighted by Crippen LogP contribution is -2.34. The van der Waals surface area contributed by atoms with Gasteiger partial charge in [-0.1, -0.05) is 29.8 Å². The number of hydrogen-bond acceptors (Lipinski definition) is 4. The van der Waals surface area contributed by atoms with E-state index < -0.39 is 0 Å². The molecule has 0 saturated heterocycles. The van der Waals surface area contributed by atoms with Crippen LogP contribution in [0.1, 0.15) is 11.1 Å². The van der Waals surface area contributed by atoms with E-state index in [0.29, 0.717) is 24.7 Å². The number of amides is 1. The van der Waals surface area contributed by atoms with Crippen molar-refractivity contribution < 1.29 is 14.3 Å². The van der Waals surface area contributed by atoms with Gasteiger partial charge in [0, 0.05) is 18.1 Å². The minimum atomic E-state index is -0.0294. The topological polar surface area (TPSA) is 50.8 Å². The molecule has 24 heavy (non-hydrogen) atoms. The van der Waals surface area contributed by atoms with Crippen LogP contribution in [0.4, 0.5) is 0 Å². The number of ether oxygens (including phenoxy) is 2. The molecule has 126 valence electrons. The van der Waals surface area contributed by atoms with E-state index in [2.05, 4.69) is 5.32 Å². The molecule has 3 rings (SSSR count). The number of halogens is 1. The molecular weight excluding hydrogens is 328 g/mol. The Bertz CT molecular complexity index is 736. The molecule has 0 bridgehead atoms. The van der Waals surface area contributed by atoms with E-state index in [1.54, 1.807) is 0 Å². The lowest BCUT2D eigenvalue weighted by Gasteiger charge is -2.16. The third-order valence-electron chi connectivity index (χ3n) is 3.68. The summed E-state index contributed by atoms with van der Waals surface area (Å²) in [6.07, 6.45) is 0. The molecule has 1 N–H and O–H groups in total. The first-order chi connectivity index (χ1) is 11.6. The molecule has 1 aliphatic heterocycles. The Morgan fingerprint density at radius 1 is 1.17 bits per heavy atom. The molecule has 1 aliphatic rings. The molecule has 0 spiro atoms. The molecule has 0 fully saturated rings. The summed E-state index contributed by atoms with van der Waals surface area (Å²) in [5.41, 5.74) is 2.05. The zero-order valence-electron chi connectivity index (χ0n) is 13.4. The van der Waals surface area contributed by atoms with Gasteiger partial charge in [-0.25, -0.2) is 0 Å². The van der Waals surface area contributed by atoms with Crippen LogP contribution in [0.2, 0.25) is 5.02 Å². The number of rotatable bonds is 6. The Hall–Kier alpha value is -2.24. The minimum Gasteiger partial charge on any atom is -0.454 e. The van der Waals surface area contributed by atoms with Crippen LogP contribution in [0.25, 0.3) is 0 Å². The van der Waals surface area contributed by atoms with Crippen molar-refractivity contribution in [2.24, 2.45) is 0 Å². The van der Waals surface area contributed by atoms with E-state index in [9.17, 15) is 4.79 Å². The highest BCUT2D eigenvalue weighted by Gasteiger charge is 2.14. The predicted octanol–water partition coefficient (Wildman–Crippen LogP) is 2.82. The molecule has 0 atom stereocenters. The second-order valence-corrected chi connectivity index (χ2v) is 6.20. The molecule has 0 saturated carbocycles. The van der Waals surface area contributed by atoms with Gasteiger partial charge in [0.15, 0.2) is 11.5 Å². The van der Waals surface area contributed by atoms with E-state index in [-0.39, 0.29) is 12.7 Å².